The van der Waals surface area contributed by atoms with Crippen LogP contribution in [-0.4, -0.2) is 40.6 Å². The lowest BCUT2D eigenvalue weighted by molar-refractivity contribution is -0.139. The van der Waals surface area contributed by atoms with Crippen molar-refractivity contribution in [3.8, 4) is 0 Å². The van der Waals surface area contributed by atoms with Crippen molar-refractivity contribution in [3.05, 3.63) is 0 Å². The van der Waals surface area contributed by atoms with E-state index in [4.69, 9.17) is 15.9 Å². The van der Waals surface area contributed by atoms with Crippen LogP contribution in [0, 0.1) is 0 Å². The Morgan fingerprint density at radius 3 is 2.27 bits per heavy atom. The van der Waals surface area contributed by atoms with Gasteiger partial charge in [-0.25, -0.2) is 0 Å². The number of carbonyl (C=O) groups is 3. The van der Waals surface area contributed by atoms with E-state index in [0.29, 0.717) is 0 Å². The molecule has 7 nitrogen and oxygen atoms in total. The van der Waals surface area contributed by atoms with Gasteiger partial charge in [0.1, 0.15) is 6.04 Å². The van der Waals surface area contributed by atoms with Gasteiger partial charge in [0.05, 0.1) is 6.42 Å². The minimum atomic E-state index is -1.16. The lowest BCUT2D eigenvalue weighted by atomic mass is 10.1. The van der Waals surface area contributed by atoms with Crippen molar-refractivity contribution in [2.24, 2.45) is 5.73 Å². The molecule has 0 aromatic carbocycles. The molecule has 86 valence electrons. The molecular weight excluding hydrogens is 204 g/mol. The average molecular weight is 218 g/mol. The molecule has 0 bridgehead atoms. The summed E-state index contributed by atoms with van der Waals surface area (Å²) in [5.74, 6) is -2.56. The van der Waals surface area contributed by atoms with E-state index in [1.807, 2.05) is 0 Å². The SMILES string of the molecule is N[C@@H](CCC(=O)NCCC(=O)O)C(=O)O. The summed E-state index contributed by atoms with van der Waals surface area (Å²) in [6.07, 6.45) is -0.141. The predicted octanol–water partition coefficient (Wildman–Crippen LogP) is -1.23. The lowest BCUT2D eigenvalue weighted by Gasteiger charge is -2.06. The van der Waals surface area contributed by atoms with Gasteiger partial charge in [-0.1, -0.05) is 0 Å². The van der Waals surface area contributed by atoms with Crippen LogP contribution >= 0.6 is 0 Å². The first-order valence-corrected chi connectivity index (χ1v) is 4.40. The molecule has 0 saturated carbocycles. The fourth-order valence-electron chi connectivity index (χ4n) is 0.807. The number of hydrogen-bond acceptors (Lipinski definition) is 4. The quantitative estimate of drug-likeness (QED) is 0.423. The standard InChI is InChI=1S/C8H14N2O5/c9-5(8(14)15)1-2-6(11)10-4-3-7(12)13/h5H,1-4,9H2,(H,10,11)(H,12,13)(H,14,15)/t5-/m0/s1. The van der Waals surface area contributed by atoms with Gasteiger partial charge in [0.15, 0.2) is 0 Å². The van der Waals surface area contributed by atoms with Crippen molar-refractivity contribution < 1.29 is 24.6 Å². The van der Waals surface area contributed by atoms with Crippen LogP contribution in [0.3, 0.4) is 0 Å². The van der Waals surface area contributed by atoms with Crippen LogP contribution in [0.25, 0.3) is 0 Å². The van der Waals surface area contributed by atoms with Gasteiger partial charge in [0.2, 0.25) is 5.91 Å². The number of aliphatic carboxylic acids is 2. The molecular formula is C8H14N2O5. The first kappa shape index (κ1) is 13.4. The molecule has 0 radical (unpaired) electrons. The second-order valence-corrected chi connectivity index (χ2v) is 2.98. The Balaban J connectivity index is 3.57. The molecule has 0 unspecified atom stereocenters. The Hall–Kier alpha value is -1.63. The van der Waals surface area contributed by atoms with Gasteiger partial charge in [-0.2, -0.15) is 0 Å². The van der Waals surface area contributed by atoms with Crippen molar-refractivity contribution in [3.63, 3.8) is 0 Å². The molecule has 0 heterocycles. The molecule has 0 spiro atoms. The molecule has 0 aromatic rings. The number of nitrogens with one attached hydrogen (secondary N) is 1. The summed E-state index contributed by atoms with van der Waals surface area (Å²) in [6.45, 7) is 0.0382. The molecule has 0 aromatic heterocycles. The topological polar surface area (TPSA) is 130 Å². The van der Waals surface area contributed by atoms with Gasteiger partial charge in [0.25, 0.3) is 0 Å². The number of nitrogens with two attached hydrogens (primary N) is 1. The van der Waals surface area contributed by atoms with E-state index >= 15 is 0 Å². The number of rotatable bonds is 7. The zero-order valence-corrected chi connectivity index (χ0v) is 8.10. The second kappa shape index (κ2) is 6.77. The van der Waals surface area contributed by atoms with Crippen molar-refractivity contribution in [1.29, 1.82) is 0 Å². The van der Waals surface area contributed by atoms with Crippen LogP contribution in [0.1, 0.15) is 19.3 Å². The number of carbonyl (C=O) groups excluding carboxylic acids is 1. The Morgan fingerprint density at radius 1 is 1.20 bits per heavy atom. The van der Waals surface area contributed by atoms with Crippen LogP contribution in [0.4, 0.5) is 0 Å². The molecule has 7 heteroatoms. The molecule has 15 heavy (non-hydrogen) atoms. The Labute approximate surface area is 86.3 Å². The fraction of sp³-hybridized carbons (Fsp3) is 0.625. The van der Waals surface area contributed by atoms with Crippen molar-refractivity contribution in [2.45, 2.75) is 25.3 Å². The molecule has 1 atom stereocenters. The summed E-state index contributed by atoms with van der Waals surface area (Å²) >= 11 is 0. The van der Waals surface area contributed by atoms with E-state index in [1.165, 1.54) is 0 Å². The van der Waals surface area contributed by atoms with E-state index in [1.54, 1.807) is 0 Å². The van der Waals surface area contributed by atoms with Gasteiger partial charge < -0.3 is 21.3 Å². The smallest absolute Gasteiger partial charge is 0.320 e. The summed E-state index contributed by atoms with van der Waals surface area (Å²) in [7, 11) is 0. The molecule has 0 aliphatic carbocycles. The molecule has 0 aliphatic rings. The highest BCUT2D eigenvalue weighted by atomic mass is 16.4. The third kappa shape index (κ3) is 7.44. The van der Waals surface area contributed by atoms with E-state index in [2.05, 4.69) is 5.32 Å². The Kier molecular flexibility index (Phi) is 6.03. The van der Waals surface area contributed by atoms with Crippen molar-refractivity contribution >= 4 is 17.8 Å². The van der Waals surface area contributed by atoms with Gasteiger partial charge >= 0.3 is 11.9 Å². The second-order valence-electron chi connectivity index (χ2n) is 2.98. The van der Waals surface area contributed by atoms with Gasteiger partial charge in [-0.3, -0.25) is 14.4 Å². The third-order valence-corrected chi connectivity index (χ3v) is 1.66. The number of hydrogen-bond donors (Lipinski definition) is 4. The van der Waals surface area contributed by atoms with Crippen LogP contribution in [0.5, 0.6) is 0 Å². The lowest BCUT2D eigenvalue weighted by Crippen LogP contribution is -2.33. The summed E-state index contributed by atoms with van der Waals surface area (Å²) in [6, 6.07) is -1.06. The van der Waals surface area contributed by atoms with Crippen LogP contribution in [0.2, 0.25) is 0 Å². The molecule has 0 saturated heterocycles. The molecule has 5 N–H and O–H groups in total. The highest BCUT2D eigenvalue weighted by Crippen LogP contribution is 1.94. The molecule has 0 aliphatic heterocycles. The molecule has 0 fully saturated rings. The minimum Gasteiger partial charge on any atom is -0.481 e. The highest BCUT2D eigenvalue weighted by Gasteiger charge is 2.13. The van der Waals surface area contributed by atoms with Crippen molar-refractivity contribution in [2.75, 3.05) is 6.54 Å². The van der Waals surface area contributed by atoms with Crippen molar-refractivity contribution in [1.82, 2.24) is 5.32 Å². The van der Waals surface area contributed by atoms with Gasteiger partial charge in [-0.15, -0.1) is 0 Å². The zero-order valence-electron chi connectivity index (χ0n) is 8.10. The maximum Gasteiger partial charge on any atom is 0.320 e. The maximum atomic E-state index is 11.0. The van der Waals surface area contributed by atoms with E-state index in [0.717, 1.165) is 0 Å². The zero-order chi connectivity index (χ0) is 11.8. The van der Waals surface area contributed by atoms with E-state index in [9.17, 15) is 14.4 Å². The molecule has 1 amide bonds. The summed E-state index contributed by atoms with van der Waals surface area (Å²) in [4.78, 5) is 31.4. The van der Waals surface area contributed by atoms with E-state index < -0.39 is 23.9 Å². The monoisotopic (exact) mass is 218 g/mol. The Bertz CT molecular complexity index is 253. The summed E-state index contributed by atoms with van der Waals surface area (Å²) < 4.78 is 0. The predicted molar refractivity (Wildman–Crippen MR) is 50.1 cm³/mol. The molecule has 0 rings (SSSR count). The minimum absolute atomic E-state index is 0.0207. The summed E-state index contributed by atoms with van der Waals surface area (Å²) in [5.41, 5.74) is 5.17. The van der Waals surface area contributed by atoms with Gasteiger partial charge in [-0.05, 0) is 6.42 Å². The van der Waals surface area contributed by atoms with E-state index in [-0.39, 0.29) is 25.8 Å². The maximum absolute atomic E-state index is 11.0. The normalized spacial score (nSPS) is 11.8. The van der Waals surface area contributed by atoms with Crippen LogP contribution in [-0.2, 0) is 14.4 Å². The summed E-state index contributed by atoms with van der Waals surface area (Å²) in [5, 5.41) is 19.0. The highest BCUT2D eigenvalue weighted by molar-refractivity contribution is 5.78. The fourth-order valence-corrected chi connectivity index (χ4v) is 0.807. The largest absolute Gasteiger partial charge is 0.481 e. The average Bonchev–Trinajstić information content (AvgIpc) is 2.13. The van der Waals surface area contributed by atoms with Crippen LogP contribution < -0.4 is 11.1 Å². The number of carboxylic acids is 2. The first-order chi connectivity index (χ1) is 6.93. The van der Waals surface area contributed by atoms with Crippen LogP contribution in [0.15, 0.2) is 0 Å². The van der Waals surface area contributed by atoms with Gasteiger partial charge in [0, 0.05) is 13.0 Å². The number of carboxylic acid groups (broad SMARTS) is 2. The third-order valence-electron chi connectivity index (χ3n) is 1.66. The first-order valence-electron chi connectivity index (χ1n) is 4.40. The Morgan fingerprint density at radius 2 is 1.80 bits per heavy atom. The number of amides is 1.